The smallest absolute Gasteiger partial charge is 0.137 e. The van der Waals surface area contributed by atoms with Crippen LogP contribution in [0, 0.1) is 0 Å². The maximum Gasteiger partial charge on any atom is 0.137 e. The highest BCUT2D eigenvalue weighted by Crippen LogP contribution is 2.46. The van der Waals surface area contributed by atoms with E-state index >= 15 is 0 Å². The normalized spacial score (nSPS) is 13.1. The number of anilines is 4. The van der Waals surface area contributed by atoms with Crippen LogP contribution in [0.25, 0.3) is 38.8 Å². The number of hydrogen-bond acceptors (Lipinski definition) is 4. The molecule has 6 aromatic carbocycles. The number of benzene rings is 6. The molecule has 0 bridgehead atoms. The molecule has 5 nitrogen and oxygen atoms in total. The summed E-state index contributed by atoms with van der Waals surface area (Å²) in [6.45, 7) is 14.2. The fourth-order valence-electron chi connectivity index (χ4n) is 7.82. The van der Waals surface area contributed by atoms with Gasteiger partial charge in [-0.05, 0) is 88.2 Å². The molecule has 0 unspecified atom stereocenters. The number of pyridine rings is 1. The van der Waals surface area contributed by atoms with E-state index in [-0.39, 0.29) is 10.8 Å². The van der Waals surface area contributed by atoms with Crippen LogP contribution in [0.2, 0.25) is 0 Å². The molecular weight excluding hydrogens is 673 g/mol. The lowest BCUT2D eigenvalue weighted by Crippen LogP contribution is -2.24. The highest BCUT2D eigenvalue weighted by molar-refractivity contribution is 6.11. The van der Waals surface area contributed by atoms with Crippen LogP contribution in [0.4, 0.5) is 22.7 Å². The Morgan fingerprint density at radius 1 is 0.527 bits per heavy atom. The maximum atomic E-state index is 7.02. The van der Waals surface area contributed by atoms with Crippen LogP contribution in [0.15, 0.2) is 158 Å². The maximum absolute atomic E-state index is 7.02. The molecule has 2 aromatic heterocycles. The van der Waals surface area contributed by atoms with Crippen molar-refractivity contribution in [2.45, 2.75) is 52.4 Å². The molecule has 9 rings (SSSR count). The zero-order valence-corrected chi connectivity index (χ0v) is 32.4. The molecule has 0 N–H and O–H groups in total. The Hall–Kier alpha value is -6.33. The van der Waals surface area contributed by atoms with Gasteiger partial charge in [-0.1, -0.05) is 120 Å². The topological polar surface area (TPSA) is 33.5 Å². The molecule has 0 radical (unpaired) electrons. The minimum Gasteiger partial charge on any atom is -0.457 e. The summed E-state index contributed by atoms with van der Waals surface area (Å²) in [5.41, 5.74) is 11.5. The van der Waals surface area contributed by atoms with Gasteiger partial charge < -0.3 is 14.5 Å². The van der Waals surface area contributed by atoms with E-state index in [1.54, 1.807) is 0 Å². The number of nitrogens with zero attached hydrogens (tertiary/aromatic N) is 4. The predicted molar refractivity (Wildman–Crippen MR) is 230 cm³/mol. The Bertz CT molecular complexity index is 2700. The van der Waals surface area contributed by atoms with E-state index in [0.717, 1.165) is 50.6 Å². The molecule has 0 spiro atoms. The quantitative estimate of drug-likeness (QED) is 0.171. The molecule has 0 saturated carbocycles. The van der Waals surface area contributed by atoms with E-state index in [4.69, 9.17) is 9.72 Å². The van der Waals surface area contributed by atoms with Gasteiger partial charge in [-0.25, -0.2) is 4.98 Å². The van der Waals surface area contributed by atoms with E-state index < -0.39 is 0 Å². The van der Waals surface area contributed by atoms with Gasteiger partial charge in [0.15, 0.2) is 0 Å². The molecular formula is C50H46N4O. The highest BCUT2D eigenvalue weighted by Gasteiger charge is 2.29. The summed E-state index contributed by atoms with van der Waals surface area (Å²) in [6.07, 6.45) is 1.93. The Morgan fingerprint density at radius 2 is 1.16 bits per heavy atom. The molecule has 1 aliphatic heterocycles. The third-order valence-electron chi connectivity index (χ3n) is 10.8. The summed E-state index contributed by atoms with van der Waals surface area (Å²) < 4.78 is 9.30. The Morgan fingerprint density at radius 3 is 1.89 bits per heavy atom. The Labute approximate surface area is 324 Å². The van der Waals surface area contributed by atoms with E-state index in [0.29, 0.717) is 6.67 Å². The summed E-state index contributed by atoms with van der Waals surface area (Å²) in [6, 6.07) is 54.1. The molecule has 55 heavy (non-hydrogen) atoms. The molecule has 8 aromatic rings. The second-order valence-corrected chi connectivity index (χ2v) is 16.6. The molecule has 0 saturated heterocycles. The second kappa shape index (κ2) is 13.2. The first kappa shape index (κ1) is 34.4. The summed E-state index contributed by atoms with van der Waals surface area (Å²) in [5.74, 6) is 2.45. The summed E-state index contributed by atoms with van der Waals surface area (Å²) >= 11 is 0. The van der Waals surface area contributed by atoms with Crippen molar-refractivity contribution in [1.82, 2.24) is 9.55 Å². The second-order valence-electron chi connectivity index (χ2n) is 16.6. The molecule has 0 fully saturated rings. The molecule has 0 aliphatic carbocycles. The molecule has 272 valence electrons. The number of rotatable bonds is 6. The van der Waals surface area contributed by atoms with Gasteiger partial charge in [0.25, 0.3) is 0 Å². The van der Waals surface area contributed by atoms with E-state index in [9.17, 15) is 0 Å². The lowest BCUT2D eigenvalue weighted by Gasteiger charge is -2.25. The lowest BCUT2D eigenvalue weighted by atomic mass is 9.87. The standard InChI is InChI=1S/C50H46N4O/c1-49(2,3)35-18-14-19-37(28-35)52-33-53(45-25-13-12-24-44(45)52)38-20-15-21-39(30-38)55-47-32-46-42(31-41(47)34-16-8-7-9-17-34)40-22-10-11-23-43(40)54(46)48-29-36(26-27-51-48)50(4,5)6/h7-32H,33H2,1-6H3. The Kier molecular flexibility index (Phi) is 8.27. The van der Waals surface area contributed by atoms with Gasteiger partial charge in [-0.15, -0.1) is 0 Å². The fourth-order valence-corrected chi connectivity index (χ4v) is 7.82. The van der Waals surface area contributed by atoms with Crippen molar-refractivity contribution >= 4 is 44.6 Å². The summed E-state index contributed by atoms with van der Waals surface area (Å²) in [4.78, 5) is 9.70. The fraction of sp³-hybridized carbons (Fsp3) is 0.180. The largest absolute Gasteiger partial charge is 0.457 e. The minimum atomic E-state index is -0.0143. The SMILES string of the molecule is CC(C)(C)c1cccc(N2CN(c3cccc(Oc4cc5c(cc4-c4ccccc4)c4ccccc4n5-c4cc(C(C)(C)C)ccn4)c3)c3ccccc32)c1. The number of aromatic nitrogens is 2. The molecule has 5 heteroatoms. The van der Waals surface area contributed by atoms with Crippen LogP contribution in [0.1, 0.15) is 52.7 Å². The van der Waals surface area contributed by atoms with Crippen LogP contribution >= 0.6 is 0 Å². The summed E-state index contributed by atoms with van der Waals surface area (Å²) in [5, 5.41) is 2.33. The molecule has 0 atom stereocenters. The first-order valence-corrected chi connectivity index (χ1v) is 19.1. The van der Waals surface area contributed by atoms with Crippen molar-refractivity contribution in [3.63, 3.8) is 0 Å². The third-order valence-corrected chi connectivity index (χ3v) is 10.8. The van der Waals surface area contributed by atoms with E-state index in [1.165, 1.54) is 33.6 Å². The molecule has 3 heterocycles. The van der Waals surface area contributed by atoms with Gasteiger partial charge in [0, 0.05) is 46.0 Å². The summed E-state index contributed by atoms with van der Waals surface area (Å²) in [7, 11) is 0. The van der Waals surface area contributed by atoms with Crippen LogP contribution < -0.4 is 14.5 Å². The van der Waals surface area contributed by atoms with Crippen molar-refractivity contribution in [3.05, 3.63) is 169 Å². The van der Waals surface area contributed by atoms with Crippen LogP contribution in [0.5, 0.6) is 11.5 Å². The Balaban J connectivity index is 1.15. The molecule has 0 amide bonds. The van der Waals surface area contributed by atoms with Crippen molar-refractivity contribution in [2.75, 3.05) is 16.5 Å². The van der Waals surface area contributed by atoms with Gasteiger partial charge in [-0.2, -0.15) is 0 Å². The monoisotopic (exact) mass is 718 g/mol. The highest BCUT2D eigenvalue weighted by atomic mass is 16.5. The zero-order valence-electron chi connectivity index (χ0n) is 32.4. The van der Waals surface area contributed by atoms with Crippen molar-refractivity contribution < 1.29 is 4.74 Å². The average molecular weight is 719 g/mol. The van der Waals surface area contributed by atoms with Gasteiger partial charge in [0.05, 0.1) is 22.4 Å². The first-order valence-electron chi connectivity index (χ1n) is 19.1. The number of ether oxygens (including phenoxy) is 1. The van der Waals surface area contributed by atoms with Crippen LogP contribution in [-0.2, 0) is 10.8 Å². The van der Waals surface area contributed by atoms with Gasteiger partial charge >= 0.3 is 0 Å². The van der Waals surface area contributed by atoms with Crippen LogP contribution in [0.3, 0.4) is 0 Å². The zero-order chi connectivity index (χ0) is 37.9. The minimum absolute atomic E-state index is 0.0143. The van der Waals surface area contributed by atoms with Crippen molar-refractivity contribution in [3.8, 4) is 28.4 Å². The number of hydrogen-bond donors (Lipinski definition) is 0. The van der Waals surface area contributed by atoms with Crippen molar-refractivity contribution in [2.24, 2.45) is 0 Å². The predicted octanol–water partition coefficient (Wildman–Crippen LogP) is 13.5. The number of fused-ring (bicyclic) bond motifs is 4. The van der Waals surface area contributed by atoms with Crippen molar-refractivity contribution in [1.29, 1.82) is 0 Å². The van der Waals surface area contributed by atoms with Crippen LogP contribution in [-0.4, -0.2) is 16.2 Å². The number of para-hydroxylation sites is 3. The van der Waals surface area contributed by atoms with Gasteiger partial charge in [0.2, 0.25) is 0 Å². The third kappa shape index (κ3) is 6.30. The van der Waals surface area contributed by atoms with Gasteiger partial charge in [-0.3, -0.25) is 4.57 Å². The van der Waals surface area contributed by atoms with E-state index in [1.807, 2.05) is 6.20 Å². The molecule has 1 aliphatic rings. The van der Waals surface area contributed by atoms with E-state index in [2.05, 4.69) is 208 Å². The van der Waals surface area contributed by atoms with Gasteiger partial charge in [0.1, 0.15) is 24.0 Å². The first-order chi connectivity index (χ1) is 26.5. The average Bonchev–Trinajstić information content (AvgIpc) is 3.74. The lowest BCUT2D eigenvalue weighted by molar-refractivity contribution is 0.485.